The van der Waals surface area contributed by atoms with Crippen LogP contribution < -0.4 is 5.32 Å². The molecule has 0 atom stereocenters. The molecule has 0 amide bonds. The summed E-state index contributed by atoms with van der Waals surface area (Å²) in [5.74, 6) is -3.21. The third kappa shape index (κ3) is 3.46. The van der Waals surface area contributed by atoms with Crippen LogP contribution in [0, 0.1) is 45.6 Å². The fourth-order valence-electron chi connectivity index (χ4n) is 1.38. The van der Waals surface area contributed by atoms with Crippen molar-refractivity contribution in [3.8, 4) is 18.2 Å². The van der Waals surface area contributed by atoms with E-state index in [-0.39, 0.29) is 6.07 Å². The van der Waals surface area contributed by atoms with Gasteiger partial charge in [0, 0.05) is 6.07 Å². The number of allylic oxidation sites excluding steroid dienone is 2. The first-order valence-electron chi connectivity index (χ1n) is 5.02. The molecular formula is C12H3F5N4. The SMILES string of the molecule is N#CC(C#N)=C(C#N)Nc1cc(F)cc(F)c1C(F)(F)F. The van der Waals surface area contributed by atoms with E-state index in [0.29, 0.717) is 6.07 Å². The molecule has 0 heterocycles. The van der Waals surface area contributed by atoms with E-state index in [1.807, 2.05) is 0 Å². The topological polar surface area (TPSA) is 83.4 Å². The van der Waals surface area contributed by atoms with E-state index >= 15 is 0 Å². The summed E-state index contributed by atoms with van der Waals surface area (Å²) in [7, 11) is 0. The third-order valence-corrected chi connectivity index (χ3v) is 2.18. The van der Waals surface area contributed by atoms with Gasteiger partial charge in [-0.2, -0.15) is 29.0 Å². The van der Waals surface area contributed by atoms with Crippen LogP contribution in [0.1, 0.15) is 5.56 Å². The molecule has 0 aliphatic heterocycles. The zero-order valence-electron chi connectivity index (χ0n) is 9.89. The Morgan fingerprint density at radius 3 is 2.00 bits per heavy atom. The van der Waals surface area contributed by atoms with Gasteiger partial charge in [-0.15, -0.1) is 0 Å². The second kappa shape index (κ2) is 5.89. The zero-order chi connectivity index (χ0) is 16.2. The van der Waals surface area contributed by atoms with Crippen LogP contribution >= 0.6 is 0 Å². The highest BCUT2D eigenvalue weighted by atomic mass is 19.4. The molecule has 0 saturated heterocycles. The highest BCUT2D eigenvalue weighted by Gasteiger charge is 2.38. The summed E-state index contributed by atoms with van der Waals surface area (Å²) in [4.78, 5) is 0. The van der Waals surface area contributed by atoms with Crippen molar-refractivity contribution in [1.29, 1.82) is 15.8 Å². The fraction of sp³-hybridized carbons (Fsp3) is 0.0833. The van der Waals surface area contributed by atoms with Gasteiger partial charge in [-0.3, -0.25) is 0 Å². The quantitative estimate of drug-likeness (QED) is 0.671. The molecule has 1 aromatic carbocycles. The highest BCUT2D eigenvalue weighted by Crippen LogP contribution is 2.37. The molecule has 21 heavy (non-hydrogen) atoms. The smallest absolute Gasteiger partial charge is 0.344 e. The van der Waals surface area contributed by atoms with Crippen LogP contribution in [0.15, 0.2) is 23.4 Å². The number of anilines is 1. The minimum Gasteiger partial charge on any atom is -0.344 e. The van der Waals surface area contributed by atoms with Crippen molar-refractivity contribution >= 4 is 5.69 Å². The van der Waals surface area contributed by atoms with Crippen LogP contribution in [0.5, 0.6) is 0 Å². The summed E-state index contributed by atoms with van der Waals surface area (Å²) in [5.41, 5.74) is -4.63. The van der Waals surface area contributed by atoms with Gasteiger partial charge in [0.05, 0.1) is 5.69 Å². The first-order valence-corrected chi connectivity index (χ1v) is 5.02. The fourth-order valence-corrected chi connectivity index (χ4v) is 1.38. The Balaban J connectivity index is 3.53. The van der Waals surface area contributed by atoms with Gasteiger partial charge in [-0.1, -0.05) is 0 Å². The second-order valence-electron chi connectivity index (χ2n) is 3.52. The predicted molar refractivity (Wildman–Crippen MR) is 58.8 cm³/mol. The second-order valence-corrected chi connectivity index (χ2v) is 3.52. The highest BCUT2D eigenvalue weighted by molar-refractivity contribution is 5.62. The summed E-state index contributed by atoms with van der Waals surface area (Å²) in [6, 6.07) is 4.16. The Labute approximate surface area is 114 Å². The maximum atomic E-state index is 13.3. The van der Waals surface area contributed by atoms with Gasteiger partial charge in [0.25, 0.3) is 0 Å². The first kappa shape index (κ1) is 15.9. The van der Waals surface area contributed by atoms with Crippen molar-refractivity contribution < 1.29 is 22.0 Å². The van der Waals surface area contributed by atoms with Crippen molar-refractivity contribution in [2.75, 3.05) is 5.32 Å². The van der Waals surface area contributed by atoms with Gasteiger partial charge >= 0.3 is 6.18 Å². The number of halogens is 5. The van der Waals surface area contributed by atoms with Crippen molar-refractivity contribution in [3.05, 3.63) is 40.6 Å². The Hall–Kier alpha value is -3.12. The third-order valence-electron chi connectivity index (χ3n) is 2.18. The molecule has 0 aliphatic rings. The van der Waals surface area contributed by atoms with Gasteiger partial charge in [0.2, 0.25) is 0 Å². The monoisotopic (exact) mass is 298 g/mol. The maximum absolute atomic E-state index is 13.3. The molecule has 0 aliphatic carbocycles. The molecular weight excluding hydrogens is 295 g/mol. The average Bonchev–Trinajstić information content (AvgIpc) is 2.36. The van der Waals surface area contributed by atoms with E-state index in [0.717, 1.165) is 0 Å². The minimum atomic E-state index is -5.17. The summed E-state index contributed by atoms with van der Waals surface area (Å²) in [6.07, 6.45) is -5.17. The average molecular weight is 298 g/mol. The molecule has 0 radical (unpaired) electrons. The van der Waals surface area contributed by atoms with Crippen molar-refractivity contribution in [3.63, 3.8) is 0 Å². The molecule has 0 unspecified atom stereocenters. The largest absolute Gasteiger partial charge is 0.421 e. The van der Waals surface area contributed by atoms with Crippen molar-refractivity contribution in [1.82, 2.24) is 0 Å². The van der Waals surface area contributed by atoms with E-state index in [4.69, 9.17) is 15.8 Å². The summed E-state index contributed by atoms with van der Waals surface area (Å²) >= 11 is 0. The van der Waals surface area contributed by atoms with E-state index < -0.39 is 40.3 Å². The lowest BCUT2D eigenvalue weighted by Crippen LogP contribution is -2.14. The maximum Gasteiger partial charge on any atom is 0.421 e. The molecule has 0 saturated carbocycles. The number of nitrogens with one attached hydrogen (secondary N) is 1. The number of alkyl halides is 3. The standard InChI is InChI=1S/C12H3F5N4/c13-7-1-8(14)11(12(15,16)17)9(2-7)21-10(5-20)6(3-18)4-19/h1-2,21H. The predicted octanol–water partition coefficient (Wildman–Crippen LogP) is 3.22. The first-order chi connectivity index (χ1) is 9.74. The molecule has 9 heteroatoms. The molecule has 1 aromatic rings. The molecule has 0 bridgehead atoms. The Kier molecular flexibility index (Phi) is 4.47. The van der Waals surface area contributed by atoms with Crippen LogP contribution in [-0.2, 0) is 6.18 Å². The van der Waals surface area contributed by atoms with Crippen molar-refractivity contribution in [2.45, 2.75) is 6.18 Å². The number of hydrogen-bond donors (Lipinski definition) is 1. The Morgan fingerprint density at radius 2 is 1.57 bits per heavy atom. The van der Waals surface area contributed by atoms with Crippen LogP contribution in [0.4, 0.5) is 27.6 Å². The number of nitrogens with zero attached hydrogens (tertiary/aromatic N) is 3. The number of rotatable bonds is 2. The van der Waals surface area contributed by atoms with Gasteiger partial charge in [0.1, 0.15) is 41.1 Å². The number of nitriles is 3. The van der Waals surface area contributed by atoms with Gasteiger partial charge in [-0.25, -0.2) is 8.78 Å². The van der Waals surface area contributed by atoms with Gasteiger partial charge < -0.3 is 5.32 Å². The van der Waals surface area contributed by atoms with Crippen LogP contribution in [0.25, 0.3) is 0 Å². The van der Waals surface area contributed by atoms with E-state index in [9.17, 15) is 22.0 Å². The summed E-state index contributed by atoms with van der Waals surface area (Å²) in [6.45, 7) is 0. The minimum absolute atomic E-state index is 0.0270. The van der Waals surface area contributed by atoms with Crippen molar-refractivity contribution in [2.24, 2.45) is 0 Å². The van der Waals surface area contributed by atoms with E-state index in [1.165, 1.54) is 18.2 Å². The molecule has 4 nitrogen and oxygen atoms in total. The molecule has 0 aromatic heterocycles. The molecule has 0 spiro atoms. The Morgan fingerprint density at radius 1 is 1.00 bits per heavy atom. The van der Waals surface area contributed by atoms with Crippen LogP contribution in [0.2, 0.25) is 0 Å². The van der Waals surface area contributed by atoms with Crippen LogP contribution in [0.3, 0.4) is 0 Å². The number of hydrogen-bond acceptors (Lipinski definition) is 4. The van der Waals surface area contributed by atoms with E-state index in [1.54, 1.807) is 5.32 Å². The van der Waals surface area contributed by atoms with Gasteiger partial charge in [0.15, 0.2) is 5.57 Å². The molecule has 106 valence electrons. The molecule has 1 N–H and O–H groups in total. The zero-order valence-corrected chi connectivity index (χ0v) is 9.89. The lowest BCUT2D eigenvalue weighted by Gasteiger charge is -2.15. The van der Waals surface area contributed by atoms with Crippen LogP contribution in [-0.4, -0.2) is 0 Å². The molecule has 0 fully saturated rings. The lowest BCUT2D eigenvalue weighted by molar-refractivity contribution is -0.139. The summed E-state index contributed by atoms with van der Waals surface area (Å²) in [5, 5.41) is 27.6. The Bertz CT molecular complexity index is 712. The van der Waals surface area contributed by atoms with E-state index in [2.05, 4.69) is 0 Å². The normalized spacial score (nSPS) is 10.0. The lowest BCUT2D eigenvalue weighted by atomic mass is 10.1. The number of benzene rings is 1. The van der Waals surface area contributed by atoms with Gasteiger partial charge in [-0.05, 0) is 6.07 Å². The molecule has 1 rings (SSSR count). The summed E-state index contributed by atoms with van der Waals surface area (Å²) < 4.78 is 64.5.